The number of nitrogens with zero attached hydrogens (tertiary/aromatic N) is 1. The van der Waals surface area contributed by atoms with Crippen LogP contribution in [0.5, 0.6) is 0 Å². The van der Waals surface area contributed by atoms with E-state index in [0.29, 0.717) is 62.3 Å². The Hall–Kier alpha value is -3.80. The molecule has 2 fully saturated rings. The Morgan fingerprint density at radius 2 is 1.64 bits per heavy atom. The van der Waals surface area contributed by atoms with E-state index in [4.69, 9.17) is 15.2 Å². The lowest BCUT2D eigenvalue weighted by molar-refractivity contribution is -0.252. The Morgan fingerprint density at radius 3 is 2.36 bits per heavy atom. The van der Waals surface area contributed by atoms with Crippen molar-refractivity contribution >= 4 is 28.9 Å². The molecule has 240 valence electrons. The molecule has 0 aromatic heterocycles. The highest BCUT2D eigenvalue weighted by molar-refractivity contribution is 5.93. The van der Waals surface area contributed by atoms with E-state index < -0.39 is 6.29 Å². The number of aliphatic hydroxyl groups is 2. The van der Waals surface area contributed by atoms with E-state index in [9.17, 15) is 19.8 Å². The standard InChI is InChI=1S/C35H44N4O6/c36-30-9-4-5-10-31(30)38-34(43)12-3-1-2-11-33(42)37-27-8-6-7-26(19-27)35-44-29(22-39-18-17-28(41)21-39)20-32(45-35)25-15-13-24(23-40)14-16-25/h4-10,13-16,19,28-29,32,35,40-41H,1-3,11-12,17-18,20-23,36H2,(H,37,42)(H,38,43). The fraction of sp³-hybridized carbons (Fsp3) is 0.429. The minimum Gasteiger partial charge on any atom is -0.397 e. The summed E-state index contributed by atoms with van der Waals surface area (Å²) in [7, 11) is 0. The van der Waals surface area contributed by atoms with Crippen molar-refractivity contribution < 1.29 is 29.3 Å². The molecule has 10 nitrogen and oxygen atoms in total. The van der Waals surface area contributed by atoms with Crippen LogP contribution in [0.4, 0.5) is 17.1 Å². The maximum atomic E-state index is 12.7. The van der Waals surface area contributed by atoms with Gasteiger partial charge >= 0.3 is 0 Å². The molecule has 0 saturated carbocycles. The Labute approximate surface area is 264 Å². The number of nitrogens with two attached hydrogens (primary N) is 1. The number of hydrogen-bond acceptors (Lipinski definition) is 8. The van der Waals surface area contributed by atoms with Crippen LogP contribution in [0.2, 0.25) is 0 Å². The summed E-state index contributed by atoms with van der Waals surface area (Å²) in [6.45, 7) is 2.15. The van der Waals surface area contributed by atoms with Crippen LogP contribution in [-0.4, -0.2) is 58.8 Å². The summed E-state index contributed by atoms with van der Waals surface area (Å²) in [5.74, 6) is -0.183. The maximum absolute atomic E-state index is 12.7. The molecule has 0 spiro atoms. The molecule has 0 bridgehead atoms. The summed E-state index contributed by atoms with van der Waals surface area (Å²) in [5.41, 5.74) is 10.4. The van der Waals surface area contributed by atoms with Gasteiger partial charge in [-0.3, -0.25) is 14.5 Å². The number of rotatable bonds is 13. The number of nitrogens with one attached hydrogen (secondary N) is 2. The highest BCUT2D eigenvalue weighted by Crippen LogP contribution is 2.39. The average Bonchev–Trinajstić information content (AvgIpc) is 3.46. The molecule has 3 aromatic carbocycles. The second-order valence-corrected chi connectivity index (χ2v) is 11.9. The van der Waals surface area contributed by atoms with E-state index in [1.807, 2.05) is 60.7 Å². The Balaban J connectivity index is 1.13. The number of anilines is 3. The van der Waals surface area contributed by atoms with Crippen molar-refractivity contribution in [3.05, 3.63) is 89.5 Å². The van der Waals surface area contributed by atoms with Crippen molar-refractivity contribution in [1.29, 1.82) is 0 Å². The van der Waals surface area contributed by atoms with Gasteiger partial charge in [0.05, 0.1) is 36.3 Å². The molecule has 45 heavy (non-hydrogen) atoms. The molecule has 4 unspecified atom stereocenters. The SMILES string of the molecule is Nc1ccccc1NC(=O)CCCCCC(=O)Nc1cccc(C2OC(CN3CCC(O)C3)CC(c3ccc(CO)cc3)O2)c1. The molecule has 4 atom stereocenters. The summed E-state index contributed by atoms with van der Waals surface area (Å²) in [4.78, 5) is 27.2. The first kappa shape index (κ1) is 32.6. The molecule has 0 aliphatic carbocycles. The normalized spacial score (nSPS) is 21.8. The van der Waals surface area contributed by atoms with Crippen molar-refractivity contribution in [1.82, 2.24) is 4.90 Å². The fourth-order valence-corrected chi connectivity index (χ4v) is 5.86. The van der Waals surface area contributed by atoms with Crippen LogP contribution >= 0.6 is 0 Å². The lowest BCUT2D eigenvalue weighted by atomic mass is 9.99. The Kier molecular flexibility index (Phi) is 11.6. The molecular weight excluding hydrogens is 572 g/mol. The molecule has 0 radical (unpaired) electrons. The van der Waals surface area contributed by atoms with Gasteiger partial charge in [0.25, 0.3) is 0 Å². The summed E-state index contributed by atoms with van der Waals surface area (Å²) in [6, 6.07) is 22.5. The highest BCUT2D eigenvalue weighted by Gasteiger charge is 2.34. The van der Waals surface area contributed by atoms with Crippen LogP contribution in [0.3, 0.4) is 0 Å². The summed E-state index contributed by atoms with van der Waals surface area (Å²) in [5, 5.41) is 25.3. The number of hydrogen-bond donors (Lipinski definition) is 5. The lowest BCUT2D eigenvalue weighted by Crippen LogP contribution is -2.38. The van der Waals surface area contributed by atoms with Gasteiger partial charge in [0.15, 0.2) is 6.29 Å². The number of para-hydroxylation sites is 2. The van der Waals surface area contributed by atoms with Gasteiger partial charge in [-0.15, -0.1) is 0 Å². The quantitative estimate of drug-likeness (QED) is 0.135. The minimum absolute atomic E-state index is 0.0161. The van der Waals surface area contributed by atoms with Gasteiger partial charge in [-0.05, 0) is 54.7 Å². The van der Waals surface area contributed by atoms with Crippen LogP contribution in [0.25, 0.3) is 0 Å². The van der Waals surface area contributed by atoms with E-state index in [2.05, 4.69) is 15.5 Å². The first-order valence-corrected chi connectivity index (χ1v) is 15.8. The molecular formula is C35H44N4O6. The number of carbonyl (C=O) groups is 2. The molecule has 2 amide bonds. The van der Waals surface area contributed by atoms with E-state index in [-0.39, 0.29) is 36.7 Å². The minimum atomic E-state index is -0.631. The zero-order valence-corrected chi connectivity index (χ0v) is 25.6. The van der Waals surface area contributed by atoms with Crippen molar-refractivity contribution in [3.63, 3.8) is 0 Å². The summed E-state index contributed by atoms with van der Waals surface area (Å²) < 4.78 is 12.9. The van der Waals surface area contributed by atoms with Gasteiger partial charge in [0.1, 0.15) is 0 Å². The third-order valence-electron chi connectivity index (χ3n) is 8.31. The molecule has 5 rings (SSSR count). The Bertz CT molecular complexity index is 1420. The summed E-state index contributed by atoms with van der Waals surface area (Å²) in [6.07, 6.45) is 3.00. The predicted octanol–water partition coefficient (Wildman–Crippen LogP) is 4.90. The molecule has 10 heteroatoms. The molecule has 2 aliphatic rings. The molecule has 3 aromatic rings. The molecule has 2 heterocycles. The second-order valence-electron chi connectivity index (χ2n) is 11.9. The van der Waals surface area contributed by atoms with Gasteiger partial charge in [-0.2, -0.15) is 0 Å². The van der Waals surface area contributed by atoms with Crippen molar-refractivity contribution in [2.45, 2.75) is 76.2 Å². The first-order chi connectivity index (χ1) is 21.9. The number of likely N-dealkylation sites (tertiary alicyclic amines) is 1. The first-order valence-electron chi connectivity index (χ1n) is 15.8. The van der Waals surface area contributed by atoms with E-state index >= 15 is 0 Å². The predicted molar refractivity (Wildman–Crippen MR) is 173 cm³/mol. The number of carbonyl (C=O) groups excluding carboxylic acids is 2. The van der Waals surface area contributed by atoms with Gasteiger partial charge in [-0.1, -0.05) is 55.0 Å². The molecule has 2 aliphatic heterocycles. The van der Waals surface area contributed by atoms with Crippen molar-refractivity contribution in [2.75, 3.05) is 36.0 Å². The van der Waals surface area contributed by atoms with Crippen molar-refractivity contribution in [3.8, 4) is 0 Å². The van der Waals surface area contributed by atoms with Gasteiger partial charge in [0, 0.05) is 50.1 Å². The topological polar surface area (TPSA) is 146 Å². The van der Waals surface area contributed by atoms with Gasteiger partial charge < -0.3 is 36.1 Å². The van der Waals surface area contributed by atoms with Crippen LogP contribution in [0.15, 0.2) is 72.8 Å². The third-order valence-corrected chi connectivity index (χ3v) is 8.31. The average molecular weight is 617 g/mol. The van der Waals surface area contributed by atoms with Crippen LogP contribution in [-0.2, 0) is 25.7 Å². The third kappa shape index (κ3) is 9.59. The van der Waals surface area contributed by atoms with E-state index in [1.165, 1.54) is 0 Å². The summed E-state index contributed by atoms with van der Waals surface area (Å²) >= 11 is 0. The Morgan fingerprint density at radius 1 is 0.889 bits per heavy atom. The van der Waals surface area contributed by atoms with Crippen LogP contribution in [0, 0.1) is 0 Å². The van der Waals surface area contributed by atoms with Crippen LogP contribution in [0.1, 0.15) is 74.0 Å². The van der Waals surface area contributed by atoms with Crippen LogP contribution < -0.4 is 16.4 Å². The number of β-amino-alcohol motifs (C(OH)–C–C–N with tert-alkyl or cyclic N) is 1. The number of unbranched alkanes of at least 4 members (excludes halogenated alkanes) is 2. The smallest absolute Gasteiger partial charge is 0.224 e. The van der Waals surface area contributed by atoms with E-state index in [1.54, 1.807) is 12.1 Å². The fourth-order valence-electron chi connectivity index (χ4n) is 5.86. The van der Waals surface area contributed by atoms with E-state index in [0.717, 1.165) is 36.1 Å². The number of aliphatic hydroxyl groups excluding tert-OH is 2. The number of benzene rings is 3. The van der Waals surface area contributed by atoms with Crippen molar-refractivity contribution in [2.24, 2.45) is 0 Å². The van der Waals surface area contributed by atoms with Gasteiger partial charge in [0.2, 0.25) is 11.8 Å². The zero-order valence-electron chi connectivity index (χ0n) is 25.6. The number of ether oxygens (including phenoxy) is 2. The maximum Gasteiger partial charge on any atom is 0.224 e. The number of amides is 2. The largest absolute Gasteiger partial charge is 0.397 e. The monoisotopic (exact) mass is 616 g/mol. The number of nitrogen functional groups attached to an aromatic ring is 1. The second kappa shape index (κ2) is 16.0. The highest BCUT2D eigenvalue weighted by atomic mass is 16.7. The lowest BCUT2D eigenvalue weighted by Gasteiger charge is -2.38. The zero-order chi connectivity index (χ0) is 31.6. The van der Waals surface area contributed by atoms with Gasteiger partial charge in [-0.25, -0.2) is 0 Å². The molecule has 6 N–H and O–H groups in total. The molecule has 2 saturated heterocycles.